The van der Waals surface area contributed by atoms with Crippen LogP contribution in [0.1, 0.15) is 6.42 Å². The summed E-state index contributed by atoms with van der Waals surface area (Å²) in [5.74, 6) is 4.78. The van der Waals surface area contributed by atoms with Gasteiger partial charge in [0.1, 0.15) is 6.61 Å². The number of terminal acetylenes is 1. The zero-order valence-corrected chi connectivity index (χ0v) is 6.62. The van der Waals surface area contributed by atoms with Crippen molar-refractivity contribution in [1.29, 1.82) is 0 Å². The second-order valence-electron chi connectivity index (χ2n) is 2.17. The van der Waals surface area contributed by atoms with Gasteiger partial charge in [-0.05, 0) is 12.2 Å². The minimum absolute atomic E-state index is 0.362. The average Bonchev–Trinajstić information content (AvgIpc) is 2.41. The smallest absolute Gasteiger partial charge is 0.128 e. The van der Waals surface area contributed by atoms with Crippen LogP contribution in [0.25, 0.3) is 0 Å². The fourth-order valence-electron chi connectivity index (χ4n) is 0.829. The van der Waals surface area contributed by atoms with E-state index in [2.05, 4.69) is 11.4 Å². The Hall–Kier alpha value is -0.170. The van der Waals surface area contributed by atoms with E-state index >= 15 is 0 Å². The predicted molar refractivity (Wildman–Crippen MR) is 43.7 cm³/mol. The quantitative estimate of drug-likeness (QED) is 0.369. The molecule has 0 aliphatic carbocycles. The Kier molecular flexibility index (Phi) is 3.66. The molecule has 0 amide bonds. The standard InChI is InChI=1S/C7H11NOS/c1-2-4-9-8-7-3-5-10-6-7/h1,7-8H,3-6H2. The van der Waals surface area contributed by atoms with E-state index in [9.17, 15) is 0 Å². The van der Waals surface area contributed by atoms with Crippen molar-refractivity contribution >= 4 is 11.8 Å². The van der Waals surface area contributed by atoms with Crippen molar-refractivity contribution < 1.29 is 4.84 Å². The zero-order chi connectivity index (χ0) is 7.23. The lowest BCUT2D eigenvalue weighted by Gasteiger charge is -2.08. The third-order valence-corrected chi connectivity index (χ3v) is 2.50. The van der Waals surface area contributed by atoms with E-state index in [0.29, 0.717) is 12.6 Å². The highest BCUT2D eigenvalue weighted by Crippen LogP contribution is 2.16. The molecule has 0 spiro atoms. The van der Waals surface area contributed by atoms with Gasteiger partial charge in [0.25, 0.3) is 0 Å². The molecular weight excluding hydrogens is 146 g/mol. The Labute approximate surface area is 65.7 Å². The van der Waals surface area contributed by atoms with Crippen LogP contribution in [0.15, 0.2) is 0 Å². The van der Waals surface area contributed by atoms with Gasteiger partial charge in [-0.2, -0.15) is 17.2 Å². The molecule has 0 saturated carbocycles. The molecule has 2 nitrogen and oxygen atoms in total. The minimum Gasteiger partial charge on any atom is -0.289 e. The highest BCUT2D eigenvalue weighted by molar-refractivity contribution is 7.99. The third-order valence-electron chi connectivity index (χ3n) is 1.34. The van der Waals surface area contributed by atoms with Crippen LogP contribution < -0.4 is 5.48 Å². The maximum absolute atomic E-state index is 4.99. The molecule has 1 rings (SSSR count). The molecule has 1 heterocycles. The number of hydroxylamine groups is 1. The summed E-state index contributed by atoms with van der Waals surface area (Å²) in [7, 11) is 0. The summed E-state index contributed by atoms with van der Waals surface area (Å²) in [6, 6.07) is 0.512. The molecular formula is C7H11NOS. The molecule has 0 aromatic rings. The normalized spacial score (nSPS) is 24.5. The largest absolute Gasteiger partial charge is 0.289 e. The van der Waals surface area contributed by atoms with Gasteiger partial charge in [-0.15, -0.1) is 6.42 Å². The van der Waals surface area contributed by atoms with Crippen LogP contribution in [0.4, 0.5) is 0 Å². The monoisotopic (exact) mass is 157 g/mol. The van der Waals surface area contributed by atoms with Crippen LogP contribution in [0.5, 0.6) is 0 Å². The van der Waals surface area contributed by atoms with Gasteiger partial charge in [0.15, 0.2) is 0 Å². The topological polar surface area (TPSA) is 21.3 Å². The highest BCUT2D eigenvalue weighted by atomic mass is 32.2. The number of hydrogen-bond donors (Lipinski definition) is 1. The van der Waals surface area contributed by atoms with E-state index in [1.165, 1.54) is 12.2 Å². The molecule has 1 N–H and O–H groups in total. The molecule has 0 bridgehead atoms. The van der Waals surface area contributed by atoms with E-state index in [0.717, 1.165) is 5.75 Å². The molecule has 1 atom stereocenters. The molecule has 0 radical (unpaired) electrons. The van der Waals surface area contributed by atoms with Gasteiger partial charge in [0, 0.05) is 11.8 Å². The van der Waals surface area contributed by atoms with Gasteiger partial charge in [-0.3, -0.25) is 4.84 Å². The van der Waals surface area contributed by atoms with E-state index in [-0.39, 0.29) is 0 Å². The van der Waals surface area contributed by atoms with Gasteiger partial charge in [-0.25, -0.2) is 0 Å². The predicted octanol–water partition coefficient (Wildman–Crippen LogP) is 0.646. The lowest BCUT2D eigenvalue weighted by atomic mass is 10.3. The molecule has 56 valence electrons. The first-order chi connectivity index (χ1) is 4.93. The van der Waals surface area contributed by atoms with Crippen molar-refractivity contribution in [2.24, 2.45) is 0 Å². The van der Waals surface area contributed by atoms with Gasteiger partial charge in [0.05, 0.1) is 0 Å². The summed E-state index contributed by atoms with van der Waals surface area (Å²) in [4.78, 5) is 4.97. The van der Waals surface area contributed by atoms with Crippen molar-refractivity contribution in [2.75, 3.05) is 18.1 Å². The summed E-state index contributed by atoms with van der Waals surface area (Å²) >= 11 is 1.95. The Morgan fingerprint density at radius 1 is 1.80 bits per heavy atom. The van der Waals surface area contributed by atoms with Gasteiger partial charge < -0.3 is 0 Å². The molecule has 10 heavy (non-hydrogen) atoms. The van der Waals surface area contributed by atoms with Crippen molar-refractivity contribution in [3.63, 3.8) is 0 Å². The summed E-state index contributed by atoms with van der Waals surface area (Å²) in [6.07, 6.45) is 6.18. The van der Waals surface area contributed by atoms with Crippen molar-refractivity contribution in [3.8, 4) is 12.3 Å². The first-order valence-electron chi connectivity index (χ1n) is 3.32. The third kappa shape index (κ3) is 2.61. The van der Waals surface area contributed by atoms with Crippen molar-refractivity contribution in [3.05, 3.63) is 0 Å². The first kappa shape index (κ1) is 7.93. The molecule has 1 aliphatic rings. The highest BCUT2D eigenvalue weighted by Gasteiger charge is 2.14. The van der Waals surface area contributed by atoms with Crippen LogP contribution in [0.2, 0.25) is 0 Å². The van der Waals surface area contributed by atoms with Crippen LogP contribution in [0, 0.1) is 12.3 Å². The van der Waals surface area contributed by atoms with E-state index in [1.54, 1.807) is 0 Å². The van der Waals surface area contributed by atoms with Crippen LogP contribution >= 0.6 is 11.8 Å². The van der Waals surface area contributed by atoms with E-state index < -0.39 is 0 Å². The van der Waals surface area contributed by atoms with E-state index in [4.69, 9.17) is 11.3 Å². The average molecular weight is 157 g/mol. The number of nitrogens with one attached hydrogen (secondary N) is 1. The van der Waals surface area contributed by atoms with Gasteiger partial charge >= 0.3 is 0 Å². The minimum atomic E-state index is 0.362. The Morgan fingerprint density at radius 3 is 3.30 bits per heavy atom. The van der Waals surface area contributed by atoms with Crippen LogP contribution in [-0.2, 0) is 4.84 Å². The maximum Gasteiger partial charge on any atom is 0.128 e. The van der Waals surface area contributed by atoms with Crippen LogP contribution in [0.3, 0.4) is 0 Å². The molecule has 1 unspecified atom stereocenters. The Morgan fingerprint density at radius 2 is 2.70 bits per heavy atom. The second-order valence-corrected chi connectivity index (χ2v) is 3.32. The Bertz CT molecular complexity index is 126. The first-order valence-corrected chi connectivity index (χ1v) is 4.47. The summed E-state index contributed by atoms with van der Waals surface area (Å²) in [6.45, 7) is 0.362. The fraction of sp³-hybridized carbons (Fsp3) is 0.714. The molecule has 1 fully saturated rings. The lowest BCUT2D eigenvalue weighted by Crippen LogP contribution is -2.28. The SMILES string of the molecule is C#CCONC1CCSC1. The molecule has 1 saturated heterocycles. The van der Waals surface area contributed by atoms with E-state index in [1.807, 2.05) is 11.8 Å². The molecule has 0 aromatic heterocycles. The van der Waals surface area contributed by atoms with Gasteiger partial charge in [-0.1, -0.05) is 5.92 Å². The summed E-state index contributed by atoms with van der Waals surface area (Å²) in [5, 5.41) is 0. The fourth-order valence-corrected chi connectivity index (χ4v) is 1.97. The lowest BCUT2D eigenvalue weighted by molar-refractivity contribution is 0.0448. The molecule has 3 heteroatoms. The Balaban J connectivity index is 1.97. The second kappa shape index (κ2) is 4.62. The zero-order valence-electron chi connectivity index (χ0n) is 5.80. The number of rotatable bonds is 3. The number of hydrogen-bond acceptors (Lipinski definition) is 3. The molecule has 1 aliphatic heterocycles. The van der Waals surface area contributed by atoms with Crippen LogP contribution in [-0.4, -0.2) is 24.2 Å². The maximum atomic E-state index is 4.99. The van der Waals surface area contributed by atoms with Crippen molar-refractivity contribution in [1.82, 2.24) is 5.48 Å². The van der Waals surface area contributed by atoms with Gasteiger partial charge in [0.2, 0.25) is 0 Å². The summed E-state index contributed by atoms with van der Waals surface area (Å²) < 4.78 is 0. The number of thioether (sulfide) groups is 1. The molecule has 0 aromatic carbocycles. The van der Waals surface area contributed by atoms with Crippen molar-refractivity contribution in [2.45, 2.75) is 12.5 Å². The summed E-state index contributed by atoms with van der Waals surface area (Å²) in [5.41, 5.74) is 2.92.